The number of benzene rings is 2. The van der Waals surface area contributed by atoms with Crippen LogP contribution in [0.2, 0.25) is 0 Å². The molecule has 1 N–H and O–H groups in total. The number of rotatable bonds is 5. The lowest BCUT2D eigenvalue weighted by molar-refractivity contribution is -0.120. The second-order valence-corrected chi connectivity index (χ2v) is 6.48. The van der Waals surface area contributed by atoms with Crippen LogP contribution in [0.25, 0.3) is 5.69 Å². The Balaban J connectivity index is 1.71. The summed E-state index contributed by atoms with van der Waals surface area (Å²) >= 11 is 0. The van der Waals surface area contributed by atoms with Gasteiger partial charge in [-0.25, -0.2) is 9.07 Å². The maximum Gasteiger partial charge on any atom is 0.224 e. The molecule has 0 bridgehead atoms. The minimum atomic E-state index is -0.286. The molecule has 1 aromatic heterocycles. The lowest BCUT2D eigenvalue weighted by Crippen LogP contribution is -2.25. The molecule has 26 heavy (non-hydrogen) atoms. The third-order valence-corrected chi connectivity index (χ3v) is 4.42. The van der Waals surface area contributed by atoms with E-state index >= 15 is 0 Å². The Morgan fingerprint density at radius 3 is 2.54 bits per heavy atom. The van der Waals surface area contributed by atoms with Crippen molar-refractivity contribution in [2.75, 3.05) is 0 Å². The summed E-state index contributed by atoms with van der Waals surface area (Å²) < 4.78 is 14.9. The number of hydrogen-bond donors (Lipinski definition) is 1. The van der Waals surface area contributed by atoms with Crippen molar-refractivity contribution in [3.63, 3.8) is 0 Å². The first-order valence-electron chi connectivity index (χ1n) is 8.57. The van der Waals surface area contributed by atoms with Crippen LogP contribution < -0.4 is 5.32 Å². The van der Waals surface area contributed by atoms with Gasteiger partial charge in [-0.3, -0.25) is 4.79 Å². The Bertz CT molecular complexity index is 929. The molecule has 0 spiro atoms. The fraction of sp³-hybridized carbons (Fsp3) is 0.238. The maximum absolute atomic E-state index is 13.1. The molecule has 0 unspecified atom stereocenters. The highest BCUT2D eigenvalue weighted by Gasteiger charge is 2.16. The second-order valence-electron chi connectivity index (χ2n) is 6.48. The van der Waals surface area contributed by atoms with Gasteiger partial charge >= 0.3 is 0 Å². The summed E-state index contributed by atoms with van der Waals surface area (Å²) in [7, 11) is 0. The Hall–Kier alpha value is -2.95. The van der Waals surface area contributed by atoms with E-state index < -0.39 is 0 Å². The zero-order chi connectivity index (χ0) is 18.7. The van der Waals surface area contributed by atoms with Crippen LogP contribution in [0.3, 0.4) is 0 Å². The van der Waals surface area contributed by atoms with Gasteiger partial charge in [-0.1, -0.05) is 29.8 Å². The van der Waals surface area contributed by atoms with Crippen molar-refractivity contribution in [1.82, 2.24) is 15.1 Å². The standard InChI is InChI=1S/C21H22FN3O/c1-14-5-4-6-17(11-14)13-23-21(26)12-20-15(2)24-25(16(20)3)19-9-7-18(22)8-10-19/h4-11H,12-13H2,1-3H3,(H,23,26). The molecule has 0 aliphatic carbocycles. The number of amides is 1. The summed E-state index contributed by atoms with van der Waals surface area (Å²) in [6, 6.07) is 14.2. The van der Waals surface area contributed by atoms with E-state index in [1.807, 2.05) is 39.0 Å². The predicted molar refractivity (Wildman–Crippen MR) is 99.7 cm³/mol. The van der Waals surface area contributed by atoms with Gasteiger partial charge in [0.1, 0.15) is 5.82 Å². The molecular weight excluding hydrogens is 329 g/mol. The van der Waals surface area contributed by atoms with Crippen LogP contribution in [-0.4, -0.2) is 15.7 Å². The molecule has 0 atom stereocenters. The van der Waals surface area contributed by atoms with Crippen LogP contribution in [0.1, 0.15) is 28.1 Å². The summed E-state index contributed by atoms with van der Waals surface area (Å²) in [6.07, 6.45) is 0.269. The first-order valence-corrected chi connectivity index (χ1v) is 8.57. The summed E-state index contributed by atoms with van der Waals surface area (Å²) in [5.74, 6) is -0.331. The van der Waals surface area contributed by atoms with E-state index in [1.54, 1.807) is 16.8 Å². The summed E-state index contributed by atoms with van der Waals surface area (Å²) in [5.41, 5.74) is 5.62. The minimum Gasteiger partial charge on any atom is -0.352 e. The van der Waals surface area contributed by atoms with E-state index in [4.69, 9.17) is 0 Å². The fourth-order valence-corrected chi connectivity index (χ4v) is 3.01. The quantitative estimate of drug-likeness (QED) is 0.760. The molecule has 1 heterocycles. The molecule has 2 aromatic carbocycles. The topological polar surface area (TPSA) is 46.9 Å². The van der Waals surface area contributed by atoms with Crippen LogP contribution in [-0.2, 0) is 17.8 Å². The summed E-state index contributed by atoms with van der Waals surface area (Å²) in [5, 5.41) is 7.47. The van der Waals surface area contributed by atoms with Crippen LogP contribution in [0.4, 0.5) is 4.39 Å². The normalized spacial score (nSPS) is 10.8. The van der Waals surface area contributed by atoms with Gasteiger partial charge in [0, 0.05) is 17.8 Å². The average molecular weight is 351 g/mol. The van der Waals surface area contributed by atoms with Gasteiger partial charge in [-0.2, -0.15) is 5.10 Å². The van der Waals surface area contributed by atoms with Gasteiger partial charge in [0.25, 0.3) is 0 Å². The Labute approximate surface area is 152 Å². The molecule has 0 aliphatic heterocycles. The van der Waals surface area contributed by atoms with Crippen molar-refractivity contribution in [2.45, 2.75) is 33.7 Å². The number of carbonyl (C=O) groups excluding carboxylic acids is 1. The first kappa shape index (κ1) is 17.9. The van der Waals surface area contributed by atoms with Gasteiger partial charge in [-0.05, 0) is 50.6 Å². The Morgan fingerprint density at radius 1 is 1.12 bits per heavy atom. The number of aromatic nitrogens is 2. The van der Waals surface area contributed by atoms with E-state index in [1.165, 1.54) is 17.7 Å². The molecule has 0 saturated carbocycles. The molecule has 134 valence electrons. The molecule has 0 saturated heterocycles. The van der Waals surface area contributed by atoms with E-state index in [2.05, 4.69) is 16.5 Å². The zero-order valence-electron chi connectivity index (χ0n) is 15.2. The molecule has 3 aromatic rings. The molecule has 0 fully saturated rings. The molecule has 0 aliphatic rings. The van der Waals surface area contributed by atoms with Gasteiger partial charge in [0.2, 0.25) is 5.91 Å². The average Bonchev–Trinajstić information content (AvgIpc) is 2.89. The smallest absolute Gasteiger partial charge is 0.224 e. The van der Waals surface area contributed by atoms with E-state index in [9.17, 15) is 9.18 Å². The van der Waals surface area contributed by atoms with Crippen LogP contribution >= 0.6 is 0 Å². The van der Waals surface area contributed by atoms with E-state index in [0.29, 0.717) is 6.54 Å². The summed E-state index contributed by atoms with van der Waals surface area (Å²) in [4.78, 5) is 12.4. The van der Waals surface area contributed by atoms with Crippen LogP contribution in [0.15, 0.2) is 48.5 Å². The van der Waals surface area contributed by atoms with Crippen molar-refractivity contribution < 1.29 is 9.18 Å². The largest absolute Gasteiger partial charge is 0.352 e. The van der Waals surface area contributed by atoms with Crippen LogP contribution in [0.5, 0.6) is 0 Å². The number of hydrogen-bond acceptors (Lipinski definition) is 2. The number of nitrogens with zero attached hydrogens (tertiary/aromatic N) is 2. The number of carbonyl (C=O) groups is 1. The van der Waals surface area contributed by atoms with E-state index in [-0.39, 0.29) is 18.1 Å². The zero-order valence-corrected chi connectivity index (χ0v) is 15.2. The molecule has 5 heteroatoms. The highest BCUT2D eigenvalue weighted by atomic mass is 19.1. The fourth-order valence-electron chi connectivity index (χ4n) is 3.01. The third kappa shape index (κ3) is 3.99. The monoisotopic (exact) mass is 351 g/mol. The molecule has 0 radical (unpaired) electrons. The van der Waals surface area contributed by atoms with Gasteiger partial charge in [-0.15, -0.1) is 0 Å². The molecule has 1 amide bonds. The van der Waals surface area contributed by atoms with Gasteiger partial charge in [0.05, 0.1) is 17.8 Å². The highest BCUT2D eigenvalue weighted by Crippen LogP contribution is 2.19. The molecule has 4 nitrogen and oxygen atoms in total. The first-order chi connectivity index (χ1) is 12.4. The molecular formula is C21H22FN3O. The number of nitrogens with one attached hydrogen (secondary N) is 1. The SMILES string of the molecule is Cc1cccc(CNC(=O)Cc2c(C)nn(-c3ccc(F)cc3)c2C)c1. The Kier molecular flexibility index (Phi) is 5.16. The molecule has 3 rings (SSSR count). The maximum atomic E-state index is 13.1. The summed E-state index contributed by atoms with van der Waals surface area (Å²) in [6.45, 7) is 6.34. The minimum absolute atomic E-state index is 0.0450. The van der Waals surface area contributed by atoms with Crippen molar-refractivity contribution in [3.8, 4) is 5.69 Å². The second kappa shape index (κ2) is 7.52. The van der Waals surface area contributed by atoms with Gasteiger partial charge < -0.3 is 5.32 Å². The van der Waals surface area contributed by atoms with Gasteiger partial charge in [0.15, 0.2) is 0 Å². The predicted octanol–water partition coefficient (Wildman–Crippen LogP) is 3.80. The van der Waals surface area contributed by atoms with Crippen molar-refractivity contribution in [1.29, 1.82) is 0 Å². The van der Waals surface area contributed by atoms with E-state index in [0.717, 1.165) is 28.2 Å². The third-order valence-electron chi connectivity index (χ3n) is 4.42. The Morgan fingerprint density at radius 2 is 1.85 bits per heavy atom. The van der Waals surface area contributed by atoms with Crippen molar-refractivity contribution >= 4 is 5.91 Å². The number of aryl methyl sites for hydroxylation is 2. The number of halogens is 1. The lowest BCUT2D eigenvalue weighted by atomic mass is 10.1. The lowest BCUT2D eigenvalue weighted by Gasteiger charge is -2.07. The van der Waals surface area contributed by atoms with Crippen molar-refractivity contribution in [2.24, 2.45) is 0 Å². The highest BCUT2D eigenvalue weighted by molar-refractivity contribution is 5.79. The van der Waals surface area contributed by atoms with Crippen molar-refractivity contribution in [3.05, 3.63) is 82.4 Å². The van der Waals surface area contributed by atoms with Crippen LogP contribution in [0, 0.1) is 26.6 Å².